The Morgan fingerprint density at radius 3 is 2.33 bits per heavy atom. The molecule has 0 heterocycles. The fourth-order valence-corrected chi connectivity index (χ4v) is 5.32. The Bertz CT molecular complexity index is 1220. The number of nitrogens with zero attached hydrogens (tertiary/aromatic N) is 1. The minimum absolute atomic E-state index is 0.0149. The van der Waals surface area contributed by atoms with E-state index in [9.17, 15) is 18.4 Å². The second kappa shape index (κ2) is 13.3. The van der Waals surface area contributed by atoms with Crippen LogP contribution in [-0.4, -0.2) is 49.5 Å². The molecule has 0 aliphatic carbocycles. The number of benzene rings is 3. The number of amides is 1. The zero-order valence-corrected chi connectivity index (χ0v) is 21.4. The summed E-state index contributed by atoms with van der Waals surface area (Å²) in [6.45, 7) is 0.284. The number of nitrogens with one attached hydrogen (secondary N) is 1. The third-order valence-electron chi connectivity index (χ3n) is 5.48. The molecule has 192 valence electrons. The van der Waals surface area contributed by atoms with E-state index in [2.05, 4.69) is 0 Å². The molecule has 3 aromatic rings. The van der Waals surface area contributed by atoms with Crippen molar-refractivity contribution in [2.45, 2.75) is 30.3 Å². The number of methoxy groups -OCH3 is 1. The van der Waals surface area contributed by atoms with Crippen LogP contribution < -0.4 is 15.0 Å². The van der Waals surface area contributed by atoms with Crippen LogP contribution in [0.2, 0.25) is 0 Å². The van der Waals surface area contributed by atoms with Crippen molar-refractivity contribution < 1.29 is 27.9 Å². The van der Waals surface area contributed by atoms with E-state index in [-0.39, 0.29) is 17.9 Å². The van der Waals surface area contributed by atoms with Crippen LogP contribution in [-0.2, 0) is 27.8 Å². The van der Waals surface area contributed by atoms with Crippen molar-refractivity contribution in [1.82, 2.24) is 9.79 Å². The van der Waals surface area contributed by atoms with Crippen LogP contribution in [0.4, 0.5) is 0 Å². The molecule has 1 amide bonds. The number of hydroxylamine groups is 1. The van der Waals surface area contributed by atoms with Gasteiger partial charge in [0.2, 0.25) is 10.0 Å². The maximum atomic E-state index is 13.9. The van der Waals surface area contributed by atoms with Crippen molar-refractivity contribution in [3.8, 4) is 11.5 Å². The minimum atomic E-state index is -4.19. The van der Waals surface area contributed by atoms with Gasteiger partial charge in [0.05, 0.1) is 18.6 Å². The second-order valence-corrected chi connectivity index (χ2v) is 10.2. The maximum Gasteiger partial charge on any atom is 0.262 e. The van der Waals surface area contributed by atoms with Gasteiger partial charge in [0, 0.05) is 12.4 Å². The van der Waals surface area contributed by atoms with Crippen molar-refractivity contribution in [1.29, 1.82) is 0 Å². The second-order valence-electron chi connectivity index (χ2n) is 7.95. The SMILES string of the molecule is COc1cccc(CN(C(Cc2ccccc2)C(=O)NO)S(=O)(=O)c2ccc(OCCCCl)cc2)c1. The minimum Gasteiger partial charge on any atom is -0.497 e. The molecule has 0 bridgehead atoms. The molecule has 10 heteroatoms. The van der Waals surface area contributed by atoms with E-state index in [0.717, 1.165) is 9.87 Å². The van der Waals surface area contributed by atoms with Gasteiger partial charge in [-0.1, -0.05) is 42.5 Å². The molecule has 8 nitrogen and oxygen atoms in total. The van der Waals surface area contributed by atoms with Gasteiger partial charge in [0.15, 0.2) is 0 Å². The van der Waals surface area contributed by atoms with Gasteiger partial charge < -0.3 is 9.47 Å². The smallest absolute Gasteiger partial charge is 0.262 e. The number of ether oxygens (including phenoxy) is 2. The standard InChI is InChI=1S/C26H29ClN2O6S/c1-34-23-10-5-9-21(17-23)19-29(25(26(30)28-31)18-20-7-3-2-4-8-20)36(32,33)24-13-11-22(12-14-24)35-16-6-15-27/h2-5,7-14,17,25,31H,6,15-16,18-19H2,1H3,(H,28,30). The molecule has 0 aromatic heterocycles. The molecule has 36 heavy (non-hydrogen) atoms. The first-order valence-electron chi connectivity index (χ1n) is 11.3. The lowest BCUT2D eigenvalue weighted by Gasteiger charge is -2.30. The van der Waals surface area contributed by atoms with Gasteiger partial charge >= 0.3 is 0 Å². The highest BCUT2D eigenvalue weighted by Gasteiger charge is 2.36. The average Bonchev–Trinajstić information content (AvgIpc) is 2.91. The summed E-state index contributed by atoms with van der Waals surface area (Å²) in [6, 6.07) is 20.7. The van der Waals surface area contributed by atoms with E-state index in [1.54, 1.807) is 66.1 Å². The summed E-state index contributed by atoms with van der Waals surface area (Å²) in [7, 11) is -2.68. The Kier molecular flexibility index (Phi) is 10.1. The third kappa shape index (κ3) is 7.20. The Morgan fingerprint density at radius 1 is 1.00 bits per heavy atom. The molecule has 0 spiro atoms. The Balaban J connectivity index is 2.01. The van der Waals surface area contributed by atoms with Gasteiger partial charge in [-0.2, -0.15) is 4.31 Å². The Morgan fingerprint density at radius 2 is 1.69 bits per heavy atom. The highest BCUT2D eigenvalue weighted by atomic mass is 35.5. The molecule has 0 saturated carbocycles. The van der Waals surface area contributed by atoms with Gasteiger partial charge in [-0.3, -0.25) is 10.0 Å². The number of carbonyl (C=O) groups is 1. The van der Waals surface area contributed by atoms with Crippen LogP contribution in [0.1, 0.15) is 17.5 Å². The van der Waals surface area contributed by atoms with Crippen LogP contribution in [0, 0.1) is 0 Å². The number of halogens is 1. The summed E-state index contributed by atoms with van der Waals surface area (Å²) in [5.74, 6) is 0.676. The molecular formula is C26H29ClN2O6S. The monoisotopic (exact) mass is 532 g/mol. The van der Waals surface area contributed by atoms with Gasteiger partial charge in [-0.15, -0.1) is 11.6 Å². The normalized spacial score (nSPS) is 12.2. The highest BCUT2D eigenvalue weighted by Crippen LogP contribution is 2.26. The van der Waals surface area contributed by atoms with E-state index < -0.39 is 22.0 Å². The van der Waals surface area contributed by atoms with Crippen LogP contribution in [0.5, 0.6) is 11.5 Å². The Hall–Kier alpha value is -3.11. The van der Waals surface area contributed by atoms with Crippen LogP contribution >= 0.6 is 11.6 Å². The summed E-state index contributed by atoms with van der Waals surface area (Å²) in [4.78, 5) is 12.8. The third-order valence-corrected chi connectivity index (χ3v) is 7.62. The first-order valence-corrected chi connectivity index (χ1v) is 13.3. The number of hydrogen-bond acceptors (Lipinski definition) is 6. The number of sulfonamides is 1. The lowest BCUT2D eigenvalue weighted by Crippen LogP contribution is -2.49. The van der Waals surface area contributed by atoms with Crippen molar-refractivity contribution in [3.05, 3.63) is 90.0 Å². The number of hydrogen-bond donors (Lipinski definition) is 2. The van der Waals surface area contributed by atoms with E-state index in [1.807, 2.05) is 6.07 Å². The number of alkyl halides is 1. The molecule has 0 fully saturated rings. The molecule has 1 atom stereocenters. The lowest BCUT2D eigenvalue weighted by molar-refractivity contribution is -0.133. The number of carbonyl (C=O) groups excluding carboxylic acids is 1. The van der Waals surface area contributed by atoms with Crippen LogP contribution in [0.3, 0.4) is 0 Å². The zero-order valence-electron chi connectivity index (χ0n) is 19.8. The molecule has 1 unspecified atom stereocenters. The highest BCUT2D eigenvalue weighted by molar-refractivity contribution is 7.89. The van der Waals surface area contributed by atoms with Crippen LogP contribution in [0.25, 0.3) is 0 Å². The molecular weight excluding hydrogens is 504 g/mol. The predicted molar refractivity (Wildman–Crippen MR) is 137 cm³/mol. The van der Waals surface area contributed by atoms with Crippen molar-refractivity contribution in [3.63, 3.8) is 0 Å². The first-order chi connectivity index (χ1) is 17.4. The van der Waals surface area contributed by atoms with Gasteiger partial charge in [0.25, 0.3) is 5.91 Å². The average molecular weight is 533 g/mol. The predicted octanol–water partition coefficient (Wildman–Crippen LogP) is 4.01. The van der Waals surface area contributed by atoms with E-state index in [0.29, 0.717) is 36.0 Å². The van der Waals surface area contributed by atoms with Crippen molar-refractivity contribution in [2.75, 3.05) is 19.6 Å². The topological polar surface area (TPSA) is 105 Å². The molecule has 3 aromatic carbocycles. The first kappa shape index (κ1) is 27.5. The largest absolute Gasteiger partial charge is 0.497 e. The van der Waals surface area contributed by atoms with Crippen molar-refractivity contribution in [2.24, 2.45) is 0 Å². The molecule has 0 radical (unpaired) electrons. The molecule has 0 saturated heterocycles. The maximum absolute atomic E-state index is 13.9. The number of rotatable bonds is 13. The fourth-order valence-electron chi connectivity index (χ4n) is 3.64. The van der Waals surface area contributed by atoms with Crippen molar-refractivity contribution >= 4 is 27.5 Å². The van der Waals surface area contributed by atoms with E-state index in [4.69, 9.17) is 21.1 Å². The quantitative estimate of drug-likeness (QED) is 0.149. The van der Waals surface area contributed by atoms with Gasteiger partial charge in [-0.05, 0) is 60.4 Å². The van der Waals surface area contributed by atoms with Gasteiger partial charge in [0.1, 0.15) is 17.5 Å². The molecule has 3 rings (SSSR count). The summed E-state index contributed by atoms with van der Waals surface area (Å²) < 4.78 is 39.7. The molecule has 0 aliphatic heterocycles. The fraction of sp³-hybridized carbons (Fsp3) is 0.269. The van der Waals surface area contributed by atoms with E-state index >= 15 is 0 Å². The Labute approximate surface area is 216 Å². The van der Waals surface area contributed by atoms with Gasteiger partial charge in [-0.25, -0.2) is 13.9 Å². The zero-order chi connectivity index (χ0) is 26.0. The summed E-state index contributed by atoms with van der Waals surface area (Å²) in [5.41, 5.74) is 2.98. The summed E-state index contributed by atoms with van der Waals surface area (Å²) in [6.07, 6.45) is 0.712. The summed E-state index contributed by atoms with van der Waals surface area (Å²) >= 11 is 5.68. The molecule has 0 aliphatic rings. The van der Waals surface area contributed by atoms with E-state index in [1.165, 1.54) is 19.2 Å². The van der Waals surface area contributed by atoms with Crippen LogP contribution in [0.15, 0.2) is 83.8 Å². The summed E-state index contributed by atoms with van der Waals surface area (Å²) in [5, 5.41) is 9.49. The lowest BCUT2D eigenvalue weighted by atomic mass is 10.0. The molecule has 2 N–H and O–H groups in total.